The van der Waals surface area contributed by atoms with Crippen molar-refractivity contribution < 1.29 is 99.7 Å². The van der Waals surface area contributed by atoms with Crippen molar-refractivity contribution in [1.29, 1.82) is 0 Å². The van der Waals surface area contributed by atoms with E-state index in [9.17, 15) is 8.42 Å². The van der Waals surface area contributed by atoms with Crippen LogP contribution in [0.15, 0.2) is 34.3 Å². The Morgan fingerprint density at radius 3 is 1.09 bits per heavy atom. The number of rotatable bonds is 36. The summed E-state index contributed by atoms with van der Waals surface area (Å²) in [7, 11) is -3.75. The molecule has 0 radical (unpaired) electrons. The Kier molecular flexibility index (Phi) is 49.7. The average Bonchev–Trinajstić information content (AvgIpc) is 3.15. The zero-order valence-electron chi connectivity index (χ0n) is 31.6. The third kappa shape index (κ3) is 44.7. The van der Waals surface area contributed by atoms with Gasteiger partial charge in [0, 0.05) is 11.5 Å². The standard InChI is InChI=1S/C19H32O9S.C12H25N3O6.N3.Na/c1-18-2-4-19(5-3-18)29(21,22)28-17-16-27-15-14-26-13-12-25-11-10-24-9-8-23-7-6-20;13-15-14-1-3-17-5-7-19-9-11-21-12-10-20-8-6-18-4-2-16;1-3-2;/h2-5,20H,6-17H2,1H3;16H,1-12H2;;/q;;-1;+1. The Morgan fingerprint density at radius 2 is 0.796 bits per heavy atom. The molecule has 2 N–H and O–H groups in total. The van der Waals surface area contributed by atoms with E-state index in [1.807, 2.05) is 6.92 Å². The number of aryl methyl sites for hydroxylation is 1. The van der Waals surface area contributed by atoms with Gasteiger partial charge in [-0.3, -0.25) is 9.09 Å². The first-order valence-corrected chi connectivity index (χ1v) is 18.2. The first kappa shape index (κ1) is 56.6. The van der Waals surface area contributed by atoms with Crippen LogP contribution in [-0.2, 0) is 61.7 Å². The molecule has 0 spiro atoms. The van der Waals surface area contributed by atoms with Crippen LogP contribution in [0.2, 0.25) is 0 Å². The smallest absolute Gasteiger partial charge is 0.394 e. The van der Waals surface area contributed by atoms with Crippen molar-refractivity contribution in [3.05, 3.63) is 56.2 Å². The van der Waals surface area contributed by atoms with Gasteiger partial charge in [-0.1, -0.05) is 22.8 Å². The van der Waals surface area contributed by atoms with Gasteiger partial charge in [-0.2, -0.15) is 8.42 Å². The van der Waals surface area contributed by atoms with Gasteiger partial charge in [0.05, 0.1) is 157 Å². The molecular weight excluding hydrogens is 751 g/mol. The molecule has 0 aliphatic heterocycles. The van der Waals surface area contributed by atoms with Crippen LogP contribution in [0, 0.1) is 6.92 Å². The third-order valence-corrected chi connectivity index (χ3v) is 6.95. The average molecular weight is 809 g/mol. The number of aliphatic hydroxyl groups is 2. The van der Waals surface area contributed by atoms with E-state index < -0.39 is 10.1 Å². The van der Waals surface area contributed by atoms with Gasteiger partial charge in [-0.05, 0) is 24.6 Å². The summed E-state index contributed by atoms with van der Waals surface area (Å²) < 4.78 is 81.1. The summed E-state index contributed by atoms with van der Waals surface area (Å²) in [6.07, 6.45) is 0. The van der Waals surface area contributed by atoms with Crippen molar-refractivity contribution in [3.63, 3.8) is 0 Å². The van der Waals surface area contributed by atoms with Crippen LogP contribution < -0.4 is 29.6 Å². The van der Waals surface area contributed by atoms with E-state index in [-0.39, 0.29) is 60.9 Å². The quantitative estimate of drug-likeness (QED) is 0.0206. The topological polar surface area (TPSA) is 284 Å². The van der Waals surface area contributed by atoms with E-state index >= 15 is 0 Å². The van der Waals surface area contributed by atoms with Crippen LogP contribution in [0.25, 0.3) is 26.4 Å². The summed E-state index contributed by atoms with van der Waals surface area (Å²) in [6.45, 7) is 10.8. The van der Waals surface area contributed by atoms with Crippen LogP contribution >= 0.6 is 0 Å². The maximum atomic E-state index is 12.0. The molecule has 0 aliphatic carbocycles. The molecule has 0 heterocycles. The van der Waals surface area contributed by atoms with Gasteiger partial charge in [-0.25, -0.2) is 0 Å². The summed E-state index contributed by atoms with van der Waals surface area (Å²) in [5.74, 6) is 0. The zero-order chi connectivity index (χ0) is 39.4. The molecule has 0 fully saturated rings. The Labute approximate surface area is 340 Å². The molecule has 1 aromatic carbocycles. The monoisotopic (exact) mass is 808 g/mol. The summed E-state index contributed by atoms with van der Waals surface area (Å²) in [5, 5.41) is 20.3. The van der Waals surface area contributed by atoms with E-state index in [1.54, 1.807) is 12.1 Å². The first-order chi connectivity index (χ1) is 25.9. The van der Waals surface area contributed by atoms with Gasteiger partial charge in [-0.15, -0.1) is 0 Å². The molecule has 21 nitrogen and oxygen atoms in total. The molecule has 0 saturated heterocycles. The Hall–Kier alpha value is -1.73. The number of aliphatic hydroxyl groups excluding tert-OH is 2. The van der Waals surface area contributed by atoms with Gasteiger partial charge in [0.25, 0.3) is 10.1 Å². The number of benzene rings is 1. The van der Waals surface area contributed by atoms with Gasteiger partial charge in [0.2, 0.25) is 0 Å². The fraction of sp³-hybridized carbons (Fsp3) is 0.806. The van der Waals surface area contributed by atoms with E-state index in [2.05, 4.69) is 10.0 Å². The molecule has 0 saturated carbocycles. The minimum absolute atomic E-state index is 0. The van der Waals surface area contributed by atoms with Crippen molar-refractivity contribution in [3.8, 4) is 0 Å². The molecule has 0 unspecified atom stereocenters. The summed E-state index contributed by atoms with van der Waals surface area (Å²) in [4.78, 5) is 4.24. The van der Waals surface area contributed by atoms with Crippen molar-refractivity contribution in [2.75, 3.05) is 159 Å². The molecule has 23 heteroatoms. The van der Waals surface area contributed by atoms with Crippen molar-refractivity contribution in [2.24, 2.45) is 5.11 Å². The second-order valence-corrected chi connectivity index (χ2v) is 11.3. The zero-order valence-corrected chi connectivity index (χ0v) is 34.4. The van der Waals surface area contributed by atoms with E-state index in [0.717, 1.165) is 5.56 Å². The molecule has 0 amide bonds. The largest absolute Gasteiger partial charge is 1.00 e. The third-order valence-electron chi connectivity index (χ3n) is 5.62. The molecule has 1 aromatic rings. The Morgan fingerprint density at radius 1 is 0.519 bits per heavy atom. The van der Waals surface area contributed by atoms with Gasteiger partial charge < -0.3 is 68.6 Å². The fourth-order valence-corrected chi connectivity index (χ4v) is 4.11. The predicted molar refractivity (Wildman–Crippen MR) is 191 cm³/mol. The summed E-state index contributed by atoms with van der Waals surface area (Å²) in [5.41, 5.74) is 22.5. The van der Waals surface area contributed by atoms with Crippen LogP contribution in [0.4, 0.5) is 0 Å². The van der Waals surface area contributed by atoms with E-state index in [0.29, 0.717) is 132 Å². The minimum atomic E-state index is -3.75. The maximum absolute atomic E-state index is 12.0. The second kappa shape index (κ2) is 47.4. The number of hydrogen-bond acceptors (Lipinski definition) is 16. The Balaban J connectivity index is -0.000000921. The number of hydrogen-bond donors (Lipinski definition) is 2. The van der Waals surface area contributed by atoms with Crippen LogP contribution in [-0.4, -0.2) is 177 Å². The predicted octanol–water partition coefficient (Wildman–Crippen LogP) is -0.982. The molecule has 308 valence electrons. The van der Waals surface area contributed by atoms with Crippen molar-refractivity contribution >= 4 is 10.1 Å². The maximum Gasteiger partial charge on any atom is 1.00 e. The molecule has 0 aliphatic rings. The number of ether oxygens (including phenoxy) is 10. The van der Waals surface area contributed by atoms with Crippen LogP contribution in [0.3, 0.4) is 0 Å². The van der Waals surface area contributed by atoms with Gasteiger partial charge in [0.15, 0.2) is 0 Å². The number of nitrogens with zero attached hydrogens (tertiary/aromatic N) is 6. The normalized spacial score (nSPS) is 10.6. The molecule has 0 bridgehead atoms. The van der Waals surface area contributed by atoms with Gasteiger partial charge >= 0.3 is 29.6 Å². The fourth-order valence-electron chi connectivity index (χ4n) is 3.22. The SMILES string of the molecule is Cc1ccc(S(=O)(=O)OCCOCCOCCOCCOCCOCCO)cc1.[N-]=[N+]=NCCOCCOCCOCCOCCOCCO.[N-]=[N+]=[N-].[Na+]. The molecule has 54 heavy (non-hydrogen) atoms. The summed E-state index contributed by atoms with van der Waals surface area (Å²) >= 11 is 0. The summed E-state index contributed by atoms with van der Waals surface area (Å²) in [6, 6.07) is 6.47. The minimum Gasteiger partial charge on any atom is -0.394 e. The molecule has 0 atom stereocenters. The van der Waals surface area contributed by atoms with Crippen molar-refractivity contribution in [1.82, 2.24) is 0 Å². The first-order valence-electron chi connectivity index (χ1n) is 16.8. The second-order valence-electron chi connectivity index (χ2n) is 9.70. The van der Waals surface area contributed by atoms with Crippen molar-refractivity contribution in [2.45, 2.75) is 11.8 Å². The Bertz CT molecular complexity index is 1110. The molecule has 1 rings (SSSR count). The van der Waals surface area contributed by atoms with Crippen LogP contribution in [0.5, 0.6) is 0 Å². The van der Waals surface area contributed by atoms with Crippen LogP contribution in [0.1, 0.15) is 5.56 Å². The van der Waals surface area contributed by atoms with E-state index in [1.165, 1.54) is 17.0 Å². The molecular formula is C31H57N6NaO15S. The molecule has 0 aromatic heterocycles. The van der Waals surface area contributed by atoms with Gasteiger partial charge in [0.1, 0.15) is 0 Å². The van der Waals surface area contributed by atoms with E-state index in [4.69, 9.17) is 78.4 Å². The number of azide groups is 1.